The second-order valence-corrected chi connectivity index (χ2v) is 6.03. The summed E-state index contributed by atoms with van der Waals surface area (Å²) in [5, 5.41) is 3.26. The van der Waals surface area contributed by atoms with Crippen LogP contribution in [0.4, 0.5) is 4.79 Å². The van der Waals surface area contributed by atoms with Crippen molar-refractivity contribution in [3.05, 3.63) is 52.8 Å². The van der Waals surface area contributed by atoms with Gasteiger partial charge in [-0.1, -0.05) is 18.7 Å². The molecule has 0 aliphatic heterocycles. The lowest BCUT2D eigenvalue weighted by Crippen LogP contribution is -2.33. The van der Waals surface area contributed by atoms with E-state index in [2.05, 4.69) is 16.9 Å². The number of rotatable bonds is 3. The predicted octanol–water partition coefficient (Wildman–Crippen LogP) is 3.07. The Bertz CT molecular complexity index is 769. The zero-order valence-corrected chi connectivity index (χ0v) is 13.0. The van der Waals surface area contributed by atoms with Crippen LogP contribution in [0.2, 0.25) is 0 Å². The number of nitrogens with one attached hydrogen (secondary N) is 2. The lowest BCUT2D eigenvalue weighted by molar-refractivity contribution is 0.0535. The smallest absolute Gasteiger partial charge is 0.407 e. The van der Waals surface area contributed by atoms with Crippen LogP contribution in [0.25, 0.3) is 16.5 Å². The first-order chi connectivity index (χ1) is 10.3. The molecule has 5 nitrogen and oxygen atoms in total. The summed E-state index contributed by atoms with van der Waals surface area (Å²) in [6.07, 6.45) is 1.10. The molecular formula is C17H20N2O3. The normalized spacial score (nSPS) is 11.2. The van der Waals surface area contributed by atoms with Crippen LogP contribution in [0, 0.1) is 0 Å². The van der Waals surface area contributed by atoms with Crippen LogP contribution in [0.5, 0.6) is 0 Å². The van der Waals surface area contributed by atoms with E-state index in [1.807, 2.05) is 6.07 Å². The monoisotopic (exact) mass is 300 g/mol. The van der Waals surface area contributed by atoms with Gasteiger partial charge in [-0.2, -0.15) is 0 Å². The third-order valence-electron chi connectivity index (χ3n) is 3.02. The summed E-state index contributed by atoms with van der Waals surface area (Å²) in [6.45, 7) is 9.63. The Morgan fingerprint density at radius 3 is 2.73 bits per heavy atom. The second-order valence-electron chi connectivity index (χ2n) is 6.03. The summed E-state index contributed by atoms with van der Waals surface area (Å²) in [6, 6.07) is 6.89. The fourth-order valence-electron chi connectivity index (χ4n) is 2.09. The van der Waals surface area contributed by atoms with Crippen molar-refractivity contribution in [2.24, 2.45) is 0 Å². The number of hydrogen-bond donors (Lipinski definition) is 2. The van der Waals surface area contributed by atoms with Gasteiger partial charge in [0.05, 0.1) is 5.52 Å². The Hall–Kier alpha value is -2.56. The second kappa shape index (κ2) is 6.05. The zero-order chi connectivity index (χ0) is 16.3. The molecule has 2 rings (SSSR count). The van der Waals surface area contributed by atoms with Crippen molar-refractivity contribution in [2.75, 3.05) is 6.54 Å². The number of alkyl carbamates (subject to hydrolysis) is 1. The summed E-state index contributed by atoms with van der Waals surface area (Å²) in [5.41, 5.74) is 1.61. The Kier molecular flexibility index (Phi) is 4.35. The number of H-pyrrole nitrogens is 1. The van der Waals surface area contributed by atoms with E-state index < -0.39 is 11.7 Å². The van der Waals surface area contributed by atoms with Crippen LogP contribution in [-0.4, -0.2) is 23.2 Å². The zero-order valence-electron chi connectivity index (χ0n) is 13.0. The highest BCUT2D eigenvalue weighted by molar-refractivity contribution is 5.91. The van der Waals surface area contributed by atoms with Gasteiger partial charge in [0.15, 0.2) is 5.43 Å². The lowest BCUT2D eigenvalue weighted by Gasteiger charge is -2.20. The highest BCUT2D eigenvalue weighted by atomic mass is 16.6. The Morgan fingerprint density at radius 2 is 2.05 bits per heavy atom. The Morgan fingerprint density at radius 1 is 1.32 bits per heavy atom. The summed E-state index contributed by atoms with van der Waals surface area (Å²) in [7, 11) is 0. The van der Waals surface area contributed by atoms with E-state index in [1.54, 1.807) is 39.1 Å². The van der Waals surface area contributed by atoms with Gasteiger partial charge in [0.1, 0.15) is 5.60 Å². The van der Waals surface area contributed by atoms with Crippen molar-refractivity contribution >= 4 is 22.6 Å². The quantitative estimate of drug-likeness (QED) is 0.915. The lowest BCUT2D eigenvalue weighted by atomic mass is 10.0. The number of carbonyl (C=O) groups excluding carboxylic acids is 1. The molecule has 1 amide bonds. The van der Waals surface area contributed by atoms with Gasteiger partial charge < -0.3 is 15.0 Å². The third-order valence-corrected chi connectivity index (χ3v) is 3.02. The minimum Gasteiger partial charge on any atom is -0.444 e. The minimum atomic E-state index is -0.546. The number of para-hydroxylation sites is 1. The number of hydrogen-bond acceptors (Lipinski definition) is 3. The number of carbonyl (C=O) groups is 1. The number of aromatic amines is 1. The molecule has 0 aliphatic rings. The maximum Gasteiger partial charge on any atom is 0.407 e. The molecule has 0 atom stereocenters. The topological polar surface area (TPSA) is 71.2 Å². The van der Waals surface area contributed by atoms with Gasteiger partial charge in [-0.25, -0.2) is 4.79 Å². The molecule has 0 radical (unpaired) electrons. The van der Waals surface area contributed by atoms with Gasteiger partial charge in [-0.05, 0) is 32.4 Å². The summed E-state index contributed by atoms with van der Waals surface area (Å²) in [4.78, 5) is 26.6. The van der Waals surface area contributed by atoms with Gasteiger partial charge in [0.25, 0.3) is 0 Å². The molecular weight excluding hydrogens is 280 g/mol. The number of pyridine rings is 1. The van der Waals surface area contributed by atoms with Gasteiger partial charge in [-0.3, -0.25) is 4.79 Å². The molecule has 2 N–H and O–H groups in total. The molecule has 1 aromatic carbocycles. The molecule has 22 heavy (non-hydrogen) atoms. The fraction of sp³-hybridized carbons (Fsp3) is 0.294. The molecule has 0 aliphatic carbocycles. The van der Waals surface area contributed by atoms with E-state index in [1.165, 1.54) is 6.07 Å². The van der Waals surface area contributed by atoms with Crippen molar-refractivity contribution < 1.29 is 9.53 Å². The number of aromatic nitrogens is 1. The van der Waals surface area contributed by atoms with E-state index in [9.17, 15) is 9.59 Å². The van der Waals surface area contributed by atoms with E-state index >= 15 is 0 Å². The van der Waals surface area contributed by atoms with Crippen LogP contribution < -0.4 is 10.7 Å². The molecule has 1 heterocycles. The van der Waals surface area contributed by atoms with Crippen LogP contribution in [-0.2, 0) is 4.74 Å². The molecule has 5 heteroatoms. The summed E-state index contributed by atoms with van der Waals surface area (Å²) in [5.74, 6) is 0. The number of fused-ring (bicyclic) bond motifs is 1. The van der Waals surface area contributed by atoms with Crippen molar-refractivity contribution in [1.82, 2.24) is 10.3 Å². The summed E-state index contributed by atoms with van der Waals surface area (Å²) < 4.78 is 5.18. The van der Waals surface area contributed by atoms with Crippen LogP contribution in [0.3, 0.4) is 0 Å². The molecule has 0 unspecified atom stereocenters. The highest BCUT2D eigenvalue weighted by Crippen LogP contribution is 2.20. The largest absolute Gasteiger partial charge is 0.444 e. The molecule has 0 saturated carbocycles. The van der Waals surface area contributed by atoms with E-state index in [-0.39, 0.29) is 12.0 Å². The maximum atomic E-state index is 11.8. The average molecular weight is 300 g/mol. The highest BCUT2D eigenvalue weighted by Gasteiger charge is 2.16. The van der Waals surface area contributed by atoms with E-state index in [4.69, 9.17) is 4.74 Å². The van der Waals surface area contributed by atoms with E-state index in [0.717, 1.165) is 5.56 Å². The van der Waals surface area contributed by atoms with Crippen molar-refractivity contribution in [2.45, 2.75) is 26.4 Å². The third kappa shape index (κ3) is 3.75. The standard InChI is InChI=1S/C17H20N2O3/c1-11(10-19-16(21)22-17(2,3)4)12-6-5-7-13-14(20)8-9-18-15(12)13/h5-9H,1,10H2,2-4H3,(H,18,20)(H,19,21). The molecule has 0 bridgehead atoms. The maximum absolute atomic E-state index is 11.8. The Balaban J connectivity index is 2.16. The molecule has 0 fully saturated rings. The average Bonchev–Trinajstić information content (AvgIpc) is 2.43. The van der Waals surface area contributed by atoms with Crippen LogP contribution in [0.15, 0.2) is 41.8 Å². The van der Waals surface area contributed by atoms with Gasteiger partial charge >= 0.3 is 6.09 Å². The van der Waals surface area contributed by atoms with Crippen LogP contribution in [0.1, 0.15) is 26.3 Å². The van der Waals surface area contributed by atoms with Gasteiger partial charge in [0.2, 0.25) is 0 Å². The number of benzene rings is 1. The molecule has 0 spiro atoms. The molecule has 0 saturated heterocycles. The van der Waals surface area contributed by atoms with Gasteiger partial charge in [-0.15, -0.1) is 0 Å². The van der Waals surface area contributed by atoms with Crippen molar-refractivity contribution in [1.29, 1.82) is 0 Å². The first-order valence-corrected chi connectivity index (χ1v) is 7.03. The number of ether oxygens (including phenoxy) is 1. The van der Waals surface area contributed by atoms with E-state index in [0.29, 0.717) is 16.5 Å². The van der Waals surface area contributed by atoms with Crippen molar-refractivity contribution in [3.63, 3.8) is 0 Å². The summed E-state index contributed by atoms with van der Waals surface area (Å²) >= 11 is 0. The predicted molar refractivity (Wildman–Crippen MR) is 87.8 cm³/mol. The first-order valence-electron chi connectivity index (χ1n) is 7.03. The number of amides is 1. The fourth-order valence-corrected chi connectivity index (χ4v) is 2.09. The van der Waals surface area contributed by atoms with Crippen LogP contribution >= 0.6 is 0 Å². The minimum absolute atomic E-state index is 0.0523. The van der Waals surface area contributed by atoms with Crippen molar-refractivity contribution in [3.8, 4) is 0 Å². The molecule has 2 aromatic rings. The molecule has 1 aromatic heterocycles. The first kappa shape index (κ1) is 15.8. The molecule has 116 valence electrons. The Labute approximate surface area is 129 Å². The van der Waals surface area contributed by atoms with Gasteiger partial charge in [0, 0.05) is 29.8 Å². The SMILES string of the molecule is C=C(CNC(=O)OC(C)(C)C)c1cccc2c(=O)cc[nH]c12.